The number of hydrogen-bond donors (Lipinski definition) is 1. The fourth-order valence-electron chi connectivity index (χ4n) is 4.44. The molecular weight excluding hydrogens is 400 g/mol. The van der Waals surface area contributed by atoms with Crippen LogP contribution in [0.15, 0.2) is 36.4 Å². The van der Waals surface area contributed by atoms with E-state index in [4.69, 9.17) is 16.7 Å². The molecule has 1 unspecified atom stereocenters. The van der Waals surface area contributed by atoms with Crippen LogP contribution >= 0.6 is 11.6 Å². The predicted molar refractivity (Wildman–Crippen MR) is 116 cm³/mol. The molecule has 1 saturated heterocycles. The van der Waals surface area contributed by atoms with Gasteiger partial charge in [-0.05, 0) is 56.0 Å². The molecule has 0 aliphatic carbocycles. The lowest BCUT2D eigenvalue weighted by Crippen LogP contribution is -2.30. The highest BCUT2D eigenvalue weighted by atomic mass is 35.5. The van der Waals surface area contributed by atoms with Crippen LogP contribution in [0, 0.1) is 6.92 Å². The summed E-state index contributed by atoms with van der Waals surface area (Å²) in [4.78, 5) is 14.8. The Balaban J connectivity index is 1.52. The third-order valence-electron chi connectivity index (χ3n) is 5.89. The number of nitrogens with zero attached hydrogens (tertiary/aromatic N) is 5. The lowest BCUT2D eigenvalue weighted by Gasteiger charge is -2.27. The molecule has 4 heterocycles. The van der Waals surface area contributed by atoms with Crippen molar-refractivity contribution in [3.8, 4) is 5.82 Å². The topological polar surface area (TPSA) is 75.9 Å². The Morgan fingerprint density at radius 2 is 1.83 bits per heavy atom. The van der Waals surface area contributed by atoms with Crippen LogP contribution in [-0.4, -0.2) is 39.0 Å². The second-order valence-electron chi connectivity index (χ2n) is 7.92. The van der Waals surface area contributed by atoms with E-state index in [0.29, 0.717) is 23.1 Å². The summed E-state index contributed by atoms with van der Waals surface area (Å²) in [6.07, 6.45) is 4.01. The molecule has 0 spiro atoms. The second-order valence-corrected chi connectivity index (χ2v) is 8.35. The maximum Gasteiger partial charge on any atom is 0.226 e. The number of nitrogens with one attached hydrogen (secondary N) is 1. The molecule has 1 fully saturated rings. The third-order valence-corrected chi connectivity index (χ3v) is 6.12. The van der Waals surface area contributed by atoms with Crippen LogP contribution in [0.25, 0.3) is 5.82 Å². The summed E-state index contributed by atoms with van der Waals surface area (Å²) in [6.45, 7) is 3.99. The van der Waals surface area contributed by atoms with Crippen molar-refractivity contribution in [2.75, 3.05) is 23.3 Å². The van der Waals surface area contributed by atoms with Gasteiger partial charge in [0.25, 0.3) is 0 Å². The number of aryl methyl sites for hydroxylation is 1. The maximum atomic E-state index is 12.5. The van der Waals surface area contributed by atoms with E-state index in [1.54, 1.807) is 4.68 Å². The molecule has 1 atom stereocenters. The fourth-order valence-corrected chi connectivity index (χ4v) is 4.64. The van der Waals surface area contributed by atoms with Gasteiger partial charge in [0.15, 0.2) is 11.6 Å². The van der Waals surface area contributed by atoms with Gasteiger partial charge in [-0.1, -0.05) is 23.7 Å². The minimum absolute atomic E-state index is 0.0495. The highest BCUT2D eigenvalue weighted by Gasteiger charge is 2.33. The molecule has 8 heteroatoms. The van der Waals surface area contributed by atoms with Crippen LogP contribution in [0.2, 0.25) is 5.02 Å². The molecule has 2 aliphatic heterocycles. The van der Waals surface area contributed by atoms with Gasteiger partial charge < -0.3 is 10.2 Å². The number of hydrogen-bond acceptors (Lipinski definition) is 5. The largest absolute Gasteiger partial charge is 0.355 e. The number of aromatic nitrogens is 4. The zero-order valence-corrected chi connectivity index (χ0v) is 17.6. The quantitative estimate of drug-likeness (QED) is 0.688. The average Bonchev–Trinajstić information content (AvgIpc) is 3.10. The smallest absolute Gasteiger partial charge is 0.226 e. The van der Waals surface area contributed by atoms with E-state index in [1.807, 2.05) is 43.3 Å². The van der Waals surface area contributed by atoms with Crippen LogP contribution in [0.5, 0.6) is 0 Å². The molecule has 30 heavy (non-hydrogen) atoms. The van der Waals surface area contributed by atoms with Crippen molar-refractivity contribution in [3.63, 3.8) is 0 Å². The molecule has 2 aromatic heterocycles. The van der Waals surface area contributed by atoms with Crippen LogP contribution < -0.4 is 10.2 Å². The van der Waals surface area contributed by atoms with Gasteiger partial charge in [0, 0.05) is 36.0 Å². The molecule has 1 N–H and O–H groups in total. The Kier molecular flexibility index (Phi) is 4.90. The van der Waals surface area contributed by atoms with Crippen molar-refractivity contribution in [1.29, 1.82) is 0 Å². The number of halogens is 1. The first-order chi connectivity index (χ1) is 14.6. The number of benzene rings is 1. The summed E-state index contributed by atoms with van der Waals surface area (Å²) < 4.78 is 1.69. The van der Waals surface area contributed by atoms with Gasteiger partial charge in [0.05, 0.1) is 5.69 Å². The summed E-state index contributed by atoms with van der Waals surface area (Å²) in [5.41, 5.74) is 2.86. The number of piperidine rings is 1. The summed E-state index contributed by atoms with van der Waals surface area (Å²) >= 11 is 6.20. The lowest BCUT2D eigenvalue weighted by atomic mass is 9.86. The highest BCUT2D eigenvalue weighted by Crippen LogP contribution is 2.40. The van der Waals surface area contributed by atoms with Gasteiger partial charge in [-0.15, -0.1) is 10.2 Å². The Hall–Kier alpha value is -2.93. The predicted octanol–water partition coefficient (Wildman–Crippen LogP) is 4.09. The standard InChI is InChI=1S/C22H23ClN6O/c1-14-21-17(15-6-5-7-16(23)12-15)13-20(30)24-22(21)29(27-14)19-9-8-18(25-26-19)28-10-3-2-4-11-28/h5-9,12,17H,2-4,10-11,13H2,1H3,(H,24,30). The molecule has 154 valence electrons. The van der Waals surface area contributed by atoms with Crippen molar-refractivity contribution in [3.05, 3.63) is 58.2 Å². The summed E-state index contributed by atoms with van der Waals surface area (Å²) in [5.74, 6) is 1.99. The Morgan fingerprint density at radius 3 is 2.57 bits per heavy atom. The van der Waals surface area contributed by atoms with Crippen molar-refractivity contribution in [2.24, 2.45) is 0 Å². The van der Waals surface area contributed by atoms with E-state index < -0.39 is 0 Å². The first-order valence-electron chi connectivity index (χ1n) is 10.3. The van der Waals surface area contributed by atoms with E-state index in [0.717, 1.165) is 35.7 Å². The molecule has 2 aliphatic rings. The minimum Gasteiger partial charge on any atom is -0.355 e. The monoisotopic (exact) mass is 422 g/mol. The Bertz CT molecular complexity index is 1090. The molecule has 0 saturated carbocycles. The van der Waals surface area contributed by atoms with Crippen molar-refractivity contribution in [1.82, 2.24) is 20.0 Å². The molecule has 1 aromatic carbocycles. The van der Waals surface area contributed by atoms with Crippen molar-refractivity contribution in [2.45, 2.75) is 38.5 Å². The van der Waals surface area contributed by atoms with Gasteiger partial charge >= 0.3 is 0 Å². The number of fused-ring (bicyclic) bond motifs is 1. The van der Waals surface area contributed by atoms with Crippen LogP contribution in [0.3, 0.4) is 0 Å². The normalized spacial score (nSPS) is 18.8. The zero-order chi connectivity index (χ0) is 20.7. The number of anilines is 2. The highest BCUT2D eigenvalue weighted by molar-refractivity contribution is 6.30. The number of rotatable bonds is 3. The molecule has 7 nitrogen and oxygen atoms in total. The first kappa shape index (κ1) is 19.1. The van der Waals surface area contributed by atoms with Crippen molar-refractivity contribution >= 4 is 29.1 Å². The van der Waals surface area contributed by atoms with Gasteiger partial charge in [0.1, 0.15) is 5.82 Å². The van der Waals surface area contributed by atoms with Crippen molar-refractivity contribution < 1.29 is 4.79 Å². The van der Waals surface area contributed by atoms with E-state index >= 15 is 0 Å². The second kappa shape index (κ2) is 7.72. The number of carbonyl (C=O) groups is 1. The Labute approximate surface area is 180 Å². The van der Waals surface area contributed by atoms with Crippen LogP contribution in [-0.2, 0) is 4.79 Å². The van der Waals surface area contributed by atoms with Gasteiger partial charge in [-0.3, -0.25) is 4.79 Å². The van der Waals surface area contributed by atoms with E-state index in [1.165, 1.54) is 19.3 Å². The SMILES string of the molecule is Cc1nn(-c2ccc(N3CCCCC3)nn2)c2c1C(c1cccc(Cl)c1)CC(=O)N2. The first-order valence-corrected chi connectivity index (χ1v) is 10.7. The molecule has 0 bridgehead atoms. The number of amides is 1. The molecule has 0 radical (unpaired) electrons. The van der Waals surface area contributed by atoms with E-state index in [9.17, 15) is 4.79 Å². The lowest BCUT2D eigenvalue weighted by molar-refractivity contribution is -0.116. The number of carbonyl (C=O) groups excluding carboxylic acids is 1. The van der Waals surface area contributed by atoms with Crippen LogP contribution in [0.1, 0.15) is 48.4 Å². The fraction of sp³-hybridized carbons (Fsp3) is 0.364. The summed E-state index contributed by atoms with van der Waals surface area (Å²) in [6, 6.07) is 11.6. The summed E-state index contributed by atoms with van der Waals surface area (Å²) in [7, 11) is 0. The van der Waals surface area contributed by atoms with E-state index in [-0.39, 0.29) is 11.8 Å². The third kappa shape index (κ3) is 3.43. The molecule has 1 amide bonds. The summed E-state index contributed by atoms with van der Waals surface area (Å²) in [5, 5.41) is 17.2. The Morgan fingerprint density at radius 1 is 1.07 bits per heavy atom. The maximum absolute atomic E-state index is 12.5. The minimum atomic E-state index is -0.0956. The molecule has 5 rings (SSSR count). The van der Waals surface area contributed by atoms with Crippen LogP contribution in [0.4, 0.5) is 11.6 Å². The average molecular weight is 423 g/mol. The van der Waals surface area contributed by atoms with Gasteiger partial charge in [-0.2, -0.15) is 9.78 Å². The van der Waals surface area contributed by atoms with Gasteiger partial charge in [0.2, 0.25) is 5.91 Å². The zero-order valence-electron chi connectivity index (χ0n) is 16.8. The molecular formula is C22H23ClN6O. The molecule has 3 aromatic rings. The van der Waals surface area contributed by atoms with E-state index in [2.05, 4.69) is 20.4 Å². The van der Waals surface area contributed by atoms with Gasteiger partial charge in [-0.25, -0.2) is 0 Å².